The summed E-state index contributed by atoms with van der Waals surface area (Å²) in [7, 11) is 2.01. The Labute approximate surface area is 225 Å². The number of hydrogen-bond donors (Lipinski definition) is 1. The number of anilines is 1. The van der Waals surface area contributed by atoms with Gasteiger partial charge >= 0.3 is 0 Å². The predicted octanol–water partition coefficient (Wildman–Crippen LogP) is 6.02. The van der Waals surface area contributed by atoms with Crippen LogP contribution in [0.15, 0.2) is 36.4 Å². The second-order valence-corrected chi connectivity index (χ2v) is 11.0. The van der Waals surface area contributed by atoms with Gasteiger partial charge in [0.2, 0.25) is 5.91 Å². The molecule has 0 bridgehead atoms. The molecule has 0 spiro atoms. The molecule has 2 rings (SSSR count). The van der Waals surface area contributed by atoms with Gasteiger partial charge in [0.05, 0.1) is 26.2 Å². The smallest absolute Gasteiger partial charge is 0.238 e. The third-order valence-corrected chi connectivity index (χ3v) is 7.51. The lowest BCUT2D eigenvalue weighted by molar-refractivity contribution is -0.921. The van der Waals surface area contributed by atoms with Crippen LogP contribution in [0.5, 0.6) is 0 Å². The van der Waals surface area contributed by atoms with E-state index < -0.39 is 0 Å². The number of benzene rings is 2. The number of nitrogens with zero attached hydrogens (tertiary/aromatic N) is 2. The Hall–Kier alpha value is -2.50. The number of aryl methyl sites for hydroxylation is 4. The lowest BCUT2D eigenvalue weighted by Crippen LogP contribution is -2.53. The molecule has 204 valence electrons. The van der Waals surface area contributed by atoms with E-state index in [1.54, 1.807) is 0 Å². The van der Waals surface area contributed by atoms with E-state index in [0.29, 0.717) is 25.3 Å². The molecule has 1 N–H and O–H groups in total. The summed E-state index contributed by atoms with van der Waals surface area (Å²) in [6, 6.07) is 12.3. The second kappa shape index (κ2) is 15.0. The molecule has 0 fully saturated rings. The van der Waals surface area contributed by atoms with Crippen molar-refractivity contribution in [3.8, 4) is 0 Å². The molecular weight excluding hydrogens is 458 g/mol. The van der Waals surface area contributed by atoms with Crippen LogP contribution in [0.2, 0.25) is 0 Å². The van der Waals surface area contributed by atoms with Crippen molar-refractivity contribution in [3.63, 3.8) is 0 Å². The van der Waals surface area contributed by atoms with Crippen molar-refractivity contribution < 1.29 is 14.1 Å². The van der Waals surface area contributed by atoms with Gasteiger partial charge in [-0.25, -0.2) is 0 Å². The molecule has 5 nitrogen and oxygen atoms in total. The first-order chi connectivity index (χ1) is 17.6. The van der Waals surface area contributed by atoms with E-state index in [0.717, 1.165) is 73.2 Å². The van der Waals surface area contributed by atoms with Crippen molar-refractivity contribution in [3.05, 3.63) is 64.2 Å². The monoisotopic (exact) mass is 508 g/mol. The van der Waals surface area contributed by atoms with Crippen LogP contribution in [0, 0.1) is 27.7 Å². The zero-order valence-corrected chi connectivity index (χ0v) is 24.5. The van der Waals surface area contributed by atoms with Gasteiger partial charge in [-0.2, -0.15) is 0 Å². The van der Waals surface area contributed by atoms with Gasteiger partial charge in [0.1, 0.15) is 6.54 Å². The normalized spacial score (nSPS) is 11.7. The molecule has 0 aromatic heterocycles. The number of carbonyl (C=O) groups is 2. The van der Waals surface area contributed by atoms with Crippen molar-refractivity contribution in [2.24, 2.45) is 0 Å². The van der Waals surface area contributed by atoms with Crippen LogP contribution in [-0.2, 0) is 16.0 Å². The minimum absolute atomic E-state index is 0.0269. The Morgan fingerprint density at radius 2 is 1.35 bits per heavy atom. The van der Waals surface area contributed by atoms with E-state index in [1.165, 1.54) is 16.7 Å². The molecule has 0 saturated heterocycles. The molecule has 0 heterocycles. The van der Waals surface area contributed by atoms with Gasteiger partial charge in [0.25, 0.3) is 0 Å². The van der Waals surface area contributed by atoms with Crippen molar-refractivity contribution in [1.29, 1.82) is 0 Å². The molecule has 0 radical (unpaired) electrons. The molecule has 2 aromatic rings. The average molecular weight is 509 g/mol. The quantitative estimate of drug-likeness (QED) is 0.223. The van der Waals surface area contributed by atoms with Crippen LogP contribution in [0.4, 0.5) is 5.69 Å². The Bertz CT molecular complexity index is 984. The van der Waals surface area contributed by atoms with Crippen molar-refractivity contribution in [2.45, 2.75) is 73.6 Å². The number of Topliss-reactive ketones (excluding diaryl/α,β-unsaturated/α-hetero) is 1. The average Bonchev–Trinajstić information content (AvgIpc) is 2.82. The molecule has 0 aliphatic rings. The number of ketones is 1. The van der Waals surface area contributed by atoms with Gasteiger partial charge < -0.3 is 9.80 Å². The Kier molecular flexibility index (Phi) is 12.5. The number of rotatable bonds is 16. The highest BCUT2D eigenvalue weighted by Crippen LogP contribution is 2.20. The lowest BCUT2D eigenvalue weighted by atomic mass is 9.97. The molecule has 0 aliphatic carbocycles. The second-order valence-electron chi connectivity index (χ2n) is 11.0. The van der Waals surface area contributed by atoms with E-state index in [9.17, 15) is 9.59 Å². The summed E-state index contributed by atoms with van der Waals surface area (Å²) in [6.07, 6.45) is 4.76. The zero-order chi connectivity index (χ0) is 27.4. The SMILES string of the molecule is CCC[N+](CCC)(CCCCN(C)CC(=O)Nc1c(C)cccc1C)CC(=O)Cc1c(C)cccc1C. The standard InChI is InChI=1S/C32H49N3O2/c1-8-19-35(20-9-2,24-29(36)22-30-25(3)14-12-15-26(30)4)21-11-10-18-34(7)23-31(37)33-32-27(5)16-13-17-28(32)6/h12-17H,8-11,18-24H2,1-7H3/p+1. The highest BCUT2D eigenvalue weighted by molar-refractivity contribution is 5.93. The molecule has 0 unspecified atom stereocenters. The van der Waals surface area contributed by atoms with E-state index in [2.05, 4.69) is 56.1 Å². The molecule has 1 amide bonds. The lowest BCUT2D eigenvalue weighted by Gasteiger charge is -2.38. The summed E-state index contributed by atoms with van der Waals surface area (Å²) in [4.78, 5) is 28.0. The van der Waals surface area contributed by atoms with Crippen LogP contribution in [0.1, 0.15) is 67.3 Å². The number of nitrogens with one attached hydrogen (secondary N) is 1. The molecule has 2 aromatic carbocycles. The van der Waals surface area contributed by atoms with Crippen LogP contribution in [0.25, 0.3) is 0 Å². The first kappa shape index (κ1) is 30.7. The highest BCUT2D eigenvalue weighted by atomic mass is 16.2. The summed E-state index contributed by atoms with van der Waals surface area (Å²) in [5, 5.41) is 3.09. The zero-order valence-electron chi connectivity index (χ0n) is 24.5. The number of quaternary nitrogens is 1. The van der Waals surface area contributed by atoms with Gasteiger partial charge in [-0.15, -0.1) is 0 Å². The largest absolute Gasteiger partial charge is 0.324 e. The minimum atomic E-state index is 0.0269. The predicted molar refractivity (Wildman–Crippen MR) is 156 cm³/mol. The van der Waals surface area contributed by atoms with Crippen LogP contribution >= 0.6 is 0 Å². The van der Waals surface area contributed by atoms with Crippen LogP contribution < -0.4 is 5.32 Å². The number of carbonyl (C=O) groups excluding carboxylic acids is 2. The maximum absolute atomic E-state index is 13.3. The topological polar surface area (TPSA) is 49.4 Å². The van der Waals surface area contributed by atoms with Crippen molar-refractivity contribution >= 4 is 17.4 Å². The number of likely N-dealkylation sites (N-methyl/N-ethyl adjacent to an activating group) is 1. The first-order valence-corrected chi connectivity index (χ1v) is 14.1. The van der Waals surface area contributed by atoms with Crippen LogP contribution in [-0.4, -0.2) is 67.4 Å². The minimum Gasteiger partial charge on any atom is -0.324 e. The van der Waals surface area contributed by atoms with Crippen LogP contribution in [0.3, 0.4) is 0 Å². The maximum Gasteiger partial charge on any atom is 0.238 e. The Balaban J connectivity index is 1.90. The third kappa shape index (κ3) is 9.71. The molecular formula is C32H50N3O2+. The Morgan fingerprint density at radius 1 is 0.811 bits per heavy atom. The van der Waals surface area contributed by atoms with E-state index in [1.807, 2.05) is 39.1 Å². The summed E-state index contributed by atoms with van der Waals surface area (Å²) >= 11 is 0. The summed E-state index contributed by atoms with van der Waals surface area (Å²) in [6.45, 7) is 17.7. The molecule has 0 atom stereocenters. The van der Waals surface area contributed by atoms with Gasteiger partial charge in [-0.05, 0) is 94.8 Å². The first-order valence-electron chi connectivity index (χ1n) is 14.1. The summed E-state index contributed by atoms with van der Waals surface area (Å²) < 4.78 is 0.882. The maximum atomic E-state index is 13.3. The summed E-state index contributed by atoms with van der Waals surface area (Å²) in [5.74, 6) is 0.374. The van der Waals surface area contributed by atoms with Crippen molar-refractivity contribution in [2.75, 3.05) is 51.6 Å². The fraction of sp³-hybridized carbons (Fsp3) is 0.562. The van der Waals surface area contributed by atoms with E-state index in [-0.39, 0.29) is 5.91 Å². The molecule has 0 saturated carbocycles. The van der Waals surface area contributed by atoms with Gasteiger partial charge in [0, 0.05) is 12.1 Å². The number of para-hydroxylation sites is 1. The number of amides is 1. The Morgan fingerprint density at radius 3 is 1.89 bits per heavy atom. The molecule has 5 heteroatoms. The molecule has 0 aliphatic heterocycles. The van der Waals surface area contributed by atoms with Gasteiger partial charge in [-0.3, -0.25) is 14.5 Å². The van der Waals surface area contributed by atoms with Crippen molar-refractivity contribution in [1.82, 2.24) is 4.90 Å². The fourth-order valence-electron chi connectivity index (χ4n) is 5.62. The van der Waals surface area contributed by atoms with Gasteiger partial charge in [0.15, 0.2) is 5.78 Å². The number of unbranched alkanes of at least 4 members (excludes halogenated alkanes) is 1. The van der Waals surface area contributed by atoms with E-state index in [4.69, 9.17) is 0 Å². The van der Waals surface area contributed by atoms with Gasteiger partial charge in [-0.1, -0.05) is 50.2 Å². The number of hydrogen-bond acceptors (Lipinski definition) is 3. The third-order valence-electron chi connectivity index (χ3n) is 7.51. The fourth-order valence-corrected chi connectivity index (χ4v) is 5.62. The van der Waals surface area contributed by atoms with E-state index >= 15 is 0 Å². The molecule has 37 heavy (non-hydrogen) atoms. The summed E-state index contributed by atoms with van der Waals surface area (Å²) in [5.41, 5.74) is 6.71. The highest BCUT2D eigenvalue weighted by Gasteiger charge is 2.29.